The number of furan rings is 1. The van der Waals surface area contributed by atoms with E-state index in [-0.39, 0.29) is 0 Å². The summed E-state index contributed by atoms with van der Waals surface area (Å²) in [5, 5.41) is 0. The molecule has 0 spiro atoms. The van der Waals surface area contributed by atoms with E-state index in [9.17, 15) is 4.79 Å². The zero-order valence-corrected chi connectivity index (χ0v) is 8.13. The average Bonchev–Trinajstić information content (AvgIpc) is 2.76. The Bertz CT molecular complexity index is 299. The number of hydrogen-bond donors (Lipinski definition) is 0. The molecule has 64 valence electrons. The monoisotopic (exact) mass is 228 g/mol. The Morgan fingerprint density at radius 1 is 1.67 bits per heavy atom. The highest BCUT2D eigenvalue weighted by molar-refractivity contribution is 9.10. The summed E-state index contributed by atoms with van der Waals surface area (Å²) in [6, 6.07) is 1.73. The zero-order valence-electron chi connectivity index (χ0n) is 6.55. The van der Waals surface area contributed by atoms with Crippen molar-refractivity contribution in [3.8, 4) is 0 Å². The summed E-state index contributed by atoms with van der Waals surface area (Å²) in [7, 11) is 0. The molecule has 2 rings (SSSR count). The van der Waals surface area contributed by atoms with Gasteiger partial charge in [0.25, 0.3) is 0 Å². The van der Waals surface area contributed by atoms with E-state index in [1.165, 1.54) is 12.8 Å². The molecular formula is C9H9BrO2. The normalized spacial score (nSPS) is 16.4. The Morgan fingerprint density at radius 2 is 2.42 bits per heavy atom. The van der Waals surface area contributed by atoms with Crippen LogP contribution in [0.3, 0.4) is 0 Å². The molecule has 0 N–H and O–H groups in total. The molecule has 2 nitrogen and oxygen atoms in total. The van der Waals surface area contributed by atoms with E-state index >= 15 is 0 Å². The predicted octanol–water partition coefficient (Wildman–Crippen LogP) is 2.81. The minimum absolute atomic E-state index is 0.653. The SMILES string of the molecule is O=Cc1cc(Br)oc1CC1CC1. The third kappa shape index (κ3) is 1.61. The van der Waals surface area contributed by atoms with Crippen LogP contribution in [0.5, 0.6) is 0 Å². The fourth-order valence-corrected chi connectivity index (χ4v) is 1.69. The van der Waals surface area contributed by atoms with Gasteiger partial charge in [-0.05, 0) is 34.7 Å². The third-order valence-corrected chi connectivity index (χ3v) is 2.50. The van der Waals surface area contributed by atoms with Crippen LogP contribution < -0.4 is 0 Å². The maximum Gasteiger partial charge on any atom is 0.170 e. The standard InChI is InChI=1S/C9H9BrO2/c10-9-4-7(5-11)8(12-9)3-6-1-2-6/h4-6H,1-3H2. The molecule has 0 unspecified atom stereocenters. The van der Waals surface area contributed by atoms with Crippen molar-refractivity contribution in [3.63, 3.8) is 0 Å². The lowest BCUT2D eigenvalue weighted by atomic mass is 10.2. The molecule has 0 amide bonds. The van der Waals surface area contributed by atoms with Gasteiger partial charge in [-0.1, -0.05) is 0 Å². The second kappa shape index (κ2) is 3.05. The van der Waals surface area contributed by atoms with Crippen LogP contribution in [0.15, 0.2) is 15.2 Å². The van der Waals surface area contributed by atoms with Gasteiger partial charge in [-0.2, -0.15) is 0 Å². The zero-order chi connectivity index (χ0) is 8.55. The molecule has 3 heteroatoms. The van der Waals surface area contributed by atoms with Gasteiger partial charge < -0.3 is 4.42 Å². The molecule has 1 aromatic heterocycles. The Morgan fingerprint density at radius 3 is 3.00 bits per heavy atom. The maximum absolute atomic E-state index is 10.6. The van der Waals surface area contributed by atoms with Crippen molar-refractivity contribution in [2.75, 3.05) is 0 Å². The average molecular weight is 229 g/mol. The minimum atomic E-state index is 0.653. The molecule has 1 aromatic rings. The van der Waals surface area contributed by atoms with Crippen LogP contribution in [0.4, 0.5) is 0 Å². The number of hydrogen-bond acceptors (Lipinski definition) is 2. The first-order chi connectivity index (χ1) is 5.79. The Labute approximate surface area is 79.1 Å². The van der Waals surface area contributed by atoms with Gasteiger partial charge in [0.15, 0.2) is 11.0 Å². The topological polar surface area (TPSA) is 30.2 Å². The van der Waals surface area contributed by atoms with Gasteiger partial charge in [0.2, 0.25) is 0 Å². The second-order valence-corrected chi connectivity index (χ2v) is 3.98. The fraction of sp³-hybridized carbons (Fsp3) is 0.444. The molecule has 0 bridgehead atoms. The lowest BCUT2D eigenvalue weighted by Gasteiger charge is -1.92. The highest BCUT2D eigenvalue weighted by Crippen LogP contribution is 2.34. The van der Waals surface area contributed by atoms with Crippen LogP contribution in [-0.2, 0) is 6.42 Å². The van der Waals surface area contributed by atoms with Gasteiger partial charge >= 0.3 is 0 Å². The highest BCUT2D eigenvalue weighted by atomic mass is 79.9. The van der Waals surface area contributed by atoms with E-state index in [0.717, 1.165) is 24.4 Å². The Balaban J connectivity index is 2.20. The third-order valence-electron chi connectivity index (χ3n) is 2.11. The molecule has 1 fully saturated rings. The fourth-order valence-electron chi connectivity index (χ4n) is 1.25. The van der Waals surface area contributed by atoms with Crippen LogP contribution in [0.25, 0.3) is 0 Å². The van der Waals surface area contributed by atoms with E-state index in [1.54, 1.807) is 6.07 Å². The maximum atomic E-state index is 10.6. The smallest absolute Gasteiger partial charge is 0.170 e. The summed E-state index contributed by atoms with van der Waals surface area (Å²) in [5.74, 6) is 1.58. The molecule has 1 aliphatic carbocycles. The lowest BCUT2D eigenvalue weighted by molar-refractivity contribution is 0.112. The summed E-state index contributed by atoms with van der Waals surface area (Å²) in [4.78, 5) is 10.6. The van der Waals surface area contributed by atoms with Gasteiger partial charge in [0.1, 0.15) is 5.76 Å². The summed E-state index contributed by atoms with van der Waals surface area (Å²) in [6.45, 7) is 0. The summed E-state index contributed by atoms with van der Waals surface area (Å²) in [6.07, 6.45) is 4.32. The quantitative estimate of drug-likeness (QED) is 0.746. The molecule has 0 aromatic carbocycles. The Hall–Kier alpha value is -0.570. The number of aldehydes is 1. The molecular weight excluding hydrogens is 220 g/mol. The van der Waals surface area contributed by atoms with Crippen molar-refractivity contribution in [2.24, 2.45) is 5.92 Å². The van der Waals surface area contributed by atoms with Crippen LogP contribution in [0, 0.1) is 5.92 Å². The van der Waals surface area contributed by atoms with E-state index in [0.29, 0.717) is 10.2 Å². The van der Waals surface area contributed by atoms with E-state index in [1.807, 2.05) is 0 Å². The van der Waals surface area contributed by atoms with Gasteiger partial charge in [-0.25, -0.2) is 0 Å². The summed E-state index contributed by atoms with van der Waals surface area (Å²) >= 11 is 3.21. The van der Waals surface area contributed by atoms with Crippen LogP contribution in [0.2, 0.25) is 0 Å². The second-order valence-electron chi connectivity index (χ2n) is 3.19. The lowest BCUT2D eigenvalue weighted by Crippen LogP contribution is -1.88. The molecule has 0 saturated heterocycles. The van der Waals surface area contributed by atoms with Crippen molar-refractivity contribution in [1.82, 2.24) is 0 Å². The molecule has 1 aliphatic rings. The molecule has 0 aliphatic heterocycles. The van der Waals surface area contributed by atoms with E-state index in [2.05, 4.69) is 15.9 Å². The molecule has 1 heterocycles. The van der Waals surface area contributed by atoms with Gasteiger partial charge in [-0.15, -0.1) is 0 Å². The number of halogens is 1. The van der Waals surface area contributed by atoms with Crippen LogP contribution in [0.1, 0.15) is 29.0 Å². The van der Waals surface area contributed by atoms with Gasteiger partial charge in [-0.3, -0.25) is 4.79 Å². The number of carbonyl (C=O) groups excluding carboxylic acids is 1. The van der Waals surface area contributed by atoms with Crippen LogP contribution >= 0.6 is 15.9 Å². The predicted molar refractivity (Wildman–Crippen MR) is 48.2 cm³/mol. The van der Waals surface area contributed by atoms with Crippen molar-refractivity contribution in [1.29, 1.82) is 0 Å². The first kappa shape index (κ1) is 8.05. The molecule has 0 atom stereocenters. The molecule has 12 heavy (non-hydrogen) atoms. The number of rotatable bonds is 3. The number of carbonyl (C=O) groups is 1. The van der Waals surface area contributed by atoms with Gasteiger partial charge in [0.05, 0.1) is 5.56 Å². The van der Waals surface area contributed by atoms with Crippen molar-refractivity contribution >= 4 is 22.2 Å². The van der Waals surface area contributed by atoms with Crippen molar-refractivity contribution < 1.29 is 9.21 Å². The summed E-state index contributed by atoms with van der Waals surface area (Å²) in [5.41, 5.74) is 0.689. The first-order valence-corrected chi connectivity index (χ1v) is 4.82. The van der Waals surface area contributed by atoms with Crippen molar-refractivity contribution in [2.45, 2.75) is 19.3 Å². The first-order valence-electron chi connectivity index (χ1n) is 4.03. The molecule has 0 radical (unpaired) electrons. The summed E-state index contributed by atoms with van der Waals surface area (Å²) < 4.78 is 5.99. The van der Waals surface area contributed by atoms with Crippen LogP contribution in [-0.4, -0.2) is 6.29 Å². The Kier molecular flexibility index (Phi) is 2.05. The highest BCUT2D eigenvalue weighted by Gasteiger charge is 2.24. The minimum Gasteiger partial charge on any atom is -0.454 e. The van der Waals surface area contributed by atoms with Crippen molar-refractivity contribution in [3.05, 3.63) is 22.1 Å². The largest absolute Gasteiger partial charge is 0.454 e. The van der Waals surface area contributed by atoms with Gasteiger partial charge in [0, 0.05) is 12.5 Å². The van der Waals surface area contributed by atoms with E-state index in [4.69, 9.17) is 4.42 Å². The molecule has 1 saturated carbocycles. The van der Waals surface area contributed by atoms with E-state index < -0.39 is 0 Å².